The number of ether oxygens (including phenoxy) is 1. The summed E-state index contributed by atoms with van der Waals surface area (Å²) in [7, 11) is 0. The van der Waals surface area contributed by atoms with E-state index in [-0.39, 0.29) is 11.3 Å². The molecule has 0 spiro atoms. The Morgan fingerprint density at radius 1 is 1.16 bits per heavy atom. The number of nitrogens with zero attached hydrogens (tertiary/aromatic N) is 2. The molecule has 1 atom stereocenters. The largest absolute Gasteiger partial charge is 0.461 e. The third-order valence-electron chi connectivity index (χ3n) is 3.21. The Morgan fingerprint density at radius 2 is 1.79 bits per heavy atom. The van der Waals surface area contributed by atoms with Gasteiger partial charge in [0.1, 0.15) is 17.4 Å². The fourth-order valence-corrected chi connectivity index (χ4v) is 2.12. The maximum absolute atomic E-state index is 9.15. The van der Waals surface area contributed by atoms with E-state index in [1.165, 1.54) is 0 Å². The number of allylic oxidation sites excluding steroid dienone is 2. The zero-order valence-electron chi connectivity index (χ0n) is 11.3. The average Bonchev–Trinajstić information content (AvgIpc) is 2.38. The van der Waals surface area contributed by atoms with Crippen molar-refractivity contribution in [1.29, 1.82) is 10.5 Å². The van der Waals surface area contributed by atoms with Crippen molar-refractivity contribution in [3.8, 4) is 17.9 Å². The monoisotopic (exact) mass is 252 g/mol. The first-order valence-corrected chi connectivity index (χ1v) is 6.25. The zero-order chi connectivity index (χ0) is 14.0. The molecule has 0 fully saturated rings. The third-order valence-corrected chi connectivity index (χ3v) is 3.21. The molecule has 0 aromatic heterocycles. The second-order valence-corrected chi connectivity index (χ2v) is 5.68. The van der Waals surface area contributed by atoms with Crippen molar-refractivity contribution >= 4 is 0 Å². The molecule has 1 aliphatic heterocycles. The minimum absolute atomic E-state index is 0.152. The van der Waals surface area contributed by atoms with Gasteiger partial charge in [-0.3, -0.25) is 0 Å². The van der Waals surface area contributed by atoms with Crippen LogP contribution in [0.1, 0.15) is 32.3 Å². The molecule has 1 aromatic carbocycles. The molecule has 1 aliphatic rings. The van der Waals surface area contributed by atoms with Crippen molar-refractivity contribution in [2.24, 2.45) is 11.3 Å². The standard InChI is InChI=1S/C16H16N2O/c1-16(2,3)15-8-13(11(9-17)10-18)12-6-4-5-7-14(12)19-15/h4-8,11,13H,1-3H3/t13-/m0/s1. The van der Waals surface area contributed by atoms with Crippen LogP contribution in [-0.4, -0.2) is 0 Å². The highest BCUT2D eigenvalue weighted by Gasteiger charge is 2.32. The summed E-state index contributed by atoms with van der Waals surface area (Å²) in [4.78, 5) is 0. The molecule has 0 amide bonds. The maximum atomic E-state index is 9.15. The van der Waals surface area contributed by atoms with Crippen molar-refractivity contribution in [1.82, 2.24) is 0 Å². The lowest BCUT2D eigenvalue weighted by molar-refractivity contribution is 0.277. The Labute approximate surface area is 113 Å². The van der Waals surface area contributed by atoms with Gasteiger partial charge in [-0.15, -0.1) is 0 Å². The van der Waals surface area contributed by atoms with Crippen molar-refractivity contribution in [2.75, 3.05) is 0 Å². The van der Waals surface area contributed by atoms with Crippen LogP contribution in [0.15, 0.2) is 36.1 Å². The van der Waals surface area contributed by atoms with E-state index in [2.05, 4.69) is 32.9 Å². The van der Waals surface area contributed by atoms with Gasteiger partial charge in [0.2, 0.25) is 0 Å². The Kier molecular flexibility index (Phi) is 3.32. The van der Waals surface area contributed by atoms with Crippen LogP contribution in [0.5, 0.6) is 5.75 Å². The van der Waals surface area contributed by atoms with Gasteiger partial charge in [0.25, 0.3) is 0 Å². The number of para-hydroxylation sites is 1. The van der Waals surface area contributed by atoms with E-state index in [1.807, 2.05) is 30.3 Å². The van der Waals surface area contributed by atoms with Crippen LogP contribution in [0.4, 0.5) is 0 Å². The topological polar surface area (TPSA) is 56.8 Å². The molecule has 0 N–H and O–H groups in total. The van der Waals surface area contributed by atoms with E-state index in [4.69, 9.17) is 15.3 Å². The highest BCUT2D eigenvalue weighted by molar-refractivity contribution is 5.45. The van der Waals surface area contributed by atoms with Gasteiger partial charge in [-0.05, 0) is 12.1 Å². The van der Waals surface area contributed by atoms with E-state index < -0.39 is 5.92 Å². The Balaban J connectivity index is 2.54. The van der Waals surface area contributed by atoms with Gasteiger partial charge >= 0.3 is 0 Å². The van der Waals surface area contributed by atoms with Gasteiger partial charge in [0.15, 0.2) is 0 Å². The van der Waals surface area contributed by atoms with Crippen LogP contribution in [0.3, 0.4) is 0 Å². The molecular formula is C16H16N2O. The second kappa shape index (κ2) is 4.78. The van der Waals surface area contributed by atoms with Gasteiger partial charge < -0.3 is 4.74 Å². The van der Waals surface area contributed by atoms with Crippen molar-refractivity contribution in [2.45, 2.75) is 26.7 Å². The first kappa shape index (κ1) is 13.2. The Bertz CT molecular complexity index is 582. The number of hydrogen-bond donors (Lipinski definition) is 0. The van der Waals surface area contributed by atoms with E-state index in [9.17, 15) is 0 Å². The molecule has 0 radical (unpaired) electrons. The summed E-state index contributed by atoms with van der Waals surface area (Å²) < 4.78 is 5.91. The molecule has 3 heteroatoms. The lowest BCUT2D eigenvalue weighted by Gasteiger charge is -2.31. The summed E-state index contributed by atoms with van der Waals surface area (Å²) in [5, 5.41) is 18.3. The Hall–Kier alpha value is -2.26. The molecule has 0 saturated heterocycles. The summed E-state index contributed by atoms with van der Waals surface area (Å²) in [6.45, 7) is 6.16. The van der Waals surface area contributed by atoms with Gasteiger partial charge in [-0.1, -0.05) is 39.0 Å². The number of rotatable bonds is 1. The maximum Gasteiger partial charge on any atom is 0.143 e. The summed E-state index contributed by atoms with van der Waals surface area (Å²) in [5.41, 5.74) is 0.755. The average molecular weight is 252 g/mol. The molecule has 0 unspecified atom stereocenters. The minimum atomic E-state index is -0.692. The molecule has 0 saturated carbocycles. The molecule has 96 valence electrons. The number of nitriles is 2. The predicted octanol–water partition coefficient (Wildman–Crippen LogP) is 3.76. The van der Waals surface area contributed by atoms with Gasteiger partial charge in [-0.25, -0.2) is 0 Å². The van der Waals surface area contributed by atoms with Crippen LogP contribution in [0.2, 0.25) is 0 Å². The Morgan fingerprint density at radius 3 is 2.37 bits per heavy atom. The summed E-state index contributed by atoms with van der Waals surface area (Å²) >= 11 is 0. The second-order valence-electron chi connectivity index (χ2n) is 5.68. The number of fused-ring (bicyclic) bond motifs is 1. The van der Waals surface area contributed by atoms with Gasteiger partial charge in [-0.2, -0.15) is 10.5 Å². The van der Waals surface area contributed by atoms with Crippen molar-refractivity contribution in [3.63, 3.8) is 0 Å². The molecular weight excluding hydrogens is 236 g/mol. The number of benzene rings is 1. The highest BCUT2D eigenvalue weighted by Crippen LogP contribution is 2.42. The molecule has 19 heavy (non-hydrogen) atoms. The summed E-state index contributed by atoms with van der Waals surface area (Å²) in [6.07, 6.45) is 1.92. The zero-order valence-corrected chi connectivity index (χ0v) is 11.3. The van der Waals surface area contributed by atoms with Crippen molar-refractivity contribution in [3.05, 3.63) is 41.7 Å². The molecule has 1 aromatic rings. The lowest BCUT2D eigenvalue weighted by Crippen LogP contribution is -2.22. The van der Waals surface area contributed by atoms with E-state index in [0.717, 1.165) is 17.1 Å². The molecule has 1 heterocycles. The van der Waals surface area contributed by atoms with Gasteiger partial charge in [0, 0.05) is 16.9 Å². The van der Waals surface area contributed by atoms with Crippen LogP contribution < -0.4 is 4.74 Å². The quantitative estimate of drug-likeness (QED) is 0.764. The normalized spacial score (nSPS) is 17.8. The molecule has 3 nitrogen and oxygen atoms in total. The predicted molar refractivity (Wildman–Crippen MR) is 72.1 cm³/mol. The molecule has 0 bridgehead atoms. The van der Waals surface area contributed by atoms with E-state index in [0.29, 0.717) is 0 Å². The minimum Gasteiger partial charge on any atom is -0.461 e. The smallest absolute Gasteiger partial charge is 0.143 e. The fraction of sp³-hybridized carbons (Fsp3) is 0.375. The van der Waals surface area contributed by atoms with Crippen LogP contribution in [0.25, 0.3) is 0 Å². The SMILES string of the molecule is CC(C)(C)C1=C[C@@H](C(C#N)C#N)c2ccccc2O1. The number of hydrogen-bond acceptors (Lipinski definition) is 3. The van der Waals surface area contributed by atoms with Gasteiger partial charge in [0.05, 0.1) is 12.1 Å². The van der Waals surface area contributed by atoms with Crippen LogP contribution in [0, 0.1) is 34.0 Å². The first-order chi connectivity index (χ1) is 8.97. The summed E-state index contributed by atoms with van der Waals surface area (Å²) in [5.74, 6) is 0.638. The van der Waals surface area contributed by atoms with E-state index >= 15 is 0 Å². The van der Waals surface area contributed by atoms with Crippen molar-refractivity contribution < 1.29 is 4.74 Å². The highest BCUT2D eigenvalue weighted by atomic mass is 16.5. The lowest BCUT2D eigenvalue weighted by atomic mass is 9.81. The molecule has 2 rings (SSSR count). The fourth-order valence-electron chi connectivity index (χ4n) is 2.12. The molecule has 0 aliphatic carbocycles. The van der Waals surface area contributed by atoms with Crippen LogP contribution >= 0.6 is 0 Å². The van der Waals surface area contributed by atoms with E-state index in [1.54, 1.807) is 0 Å². The third kappa shape index (κ3) is 2.46. The summed E-state index contributed by atoms with van der Waals surface area (Å²) in [6, 6.07) is 11.7. The van der Waals surface area contributed by atoms with Crippen LogP contribution in [-0.2, 0) is 0 Å². The first-order valence-electron chi connectivity index (χ1n) is 6.25.